The number of nitro benzene ring substituents is 1. The lowest BCUT2D eigenvalue weighted by atomic mass is 10.2. The second-order valence-corrected chi connectivity index (χ2v) is 5.50. The Morgan fingerprint density at radius 3 is 2.50 bits per heavy atom. The molecule has 1 heterocycles. The first-order valence-electron chi connectivity index (χ1n) is 5.08. The van der Waals surface area contributed by atoms with E-state index in [0.717, 1.165) is 15.9 Å². The predicted molar refractivity (Wildman–Crippen MR) is 75.1 cm³/mol. The minimum Gasteiger partial charge on any atom is -0.258 e. The highest BCUT2D eigenvalue weighted by Gasteiger charge is 2.19. The fourth-order valence-corrected chi connectivity index (χ4v) is 2.28. The molecular weight excluding hydrogens is 366 g/mol. The van der Waals surface area contributed by atoms with Gasteiger partial charge in [-0.05, 0) is 41.9 Å². The molecule has 0 spiro atoms. The molecule has 2 rings (SSSR count). The minimum absolute atomic E-state index is 0.0162. The molecule has 0 aliphatic rings. The van der Waals surface area contributed by atoms with Gasteiger partial charge in [0.05, 0.1) is 20.8 Å². The van der Waals surface area contributed by atoms with E-state index in [9.17, 15) is 10.1 Å². The molecule has 0 aliphatic carbocycles. The van der Waals surface area contributed by atoms with Gasteiger partial charge in [-0.15, -0.1) is 0 Å². The van der Waals surface area contributed by atoms with Crippen LogP contribution in [0.15, 0.2) is 27.1 Å². The average Bonchev–Trinajstić information content (AvgIpc) is 2.57. The summed E-state index contributed by atoms with van der Waals surface area (Å²) in [6, 6.07) is 4.90. The Hall–Kier alpha value is -1.21. The van der Waals surface area contributed by atoms with Crippen LogP contribution in [0, 0.1) is 24.0 Å². The van der Waals surface area contributed by atoms with Crippen molar-refractivity contribution in [1.29, 1.82) is 0 Å². The van der Waals surface area contributed by atoms with Gasteiger partial charge in [-0.1, -0.05) is 15.9 Å². The van der Waals surface area contributed by atoms with Crippen LogP contribution in [0.4, 0.5) is 5.69 Å². The van der Waals surface area contributed by atoms with Crippen LogP contribution < -0.4 is 0 Å². The first-order valence-corrected chi connectivity index (χ1v) is 6.66. The summed E-state index contributed by atoms with van der Waals surface area (Å²) >= 11 is 6.64. The molecule has 2 aromatic rings. The van der Waals surface area contributed by atoms with Crippen molar-refractivity contribution in [2.45, 2.75) is 13.8 Å². The maximum absolute atomic E-state index is 11.1. The molecule has 1 aromatic carbocycles. The third kappa shape index (κ3) is 2.20. The zero-order valence-electron chi connectivity index (χ0n) is 9.65. The molecule has 0 aliphatic heterocycles. The third-order valence-corrected chi connectivity index (χ3v) is 4.21. The largest absolute Gasteiger partial charge is 0.296 e. The lowest BCUT2D eigenvalue weighted by Gasteiger charge is -2.05. The lowest BCUT2D eigenvalue weighted by Crippen LogP contribution is -2.03. The van der Waals surface area contributed by atoms with Crippen LogP contribution in [-0.2, 0) is 0 Å². The highest BCUT2D eigenvalue weighted by molar-refractivity contribution is 9.10. The summed E-state index contributed by atoms with van der Waals surface area (Å²) in [7, 11) is 0. The molecule has 5 nitrogen and oxygen atoms in total. The molecule has 0 unspecified atom stereocenters. The summed E-state index contributed by atoms with van der Waals surface area (Å²) in [6.45, 7) is 3.70. The number of benzene rings is 1. The number of hydrogen-bond donors (Lipinski definition) is 0. The van der Waals surface area contributed by atoms with Crippen molar-refractivity contribution in [3.05, 3.63) is 48.6 Å². The first kappa shape index (κ1) is 13.2. The Labute approximate surface area is 120 Å². The van der Waals surface area contributed by atoms with E-state index in [4.69, 9.17) is 0 Å². The molecule has 0 bridgehead atoms. The Kier molecular flexibility index (Phi) is 3.54. The highest BCUT2D eigenvalue weighted by Crippen LogP contribution is 2.30. The van der Waals surface area contributed by atoms with Gasteiger partial charge in [0, 0.05) is 10.5 Å². The smallest absolute Gasteiger partial charge is 0.258 e. The molecule has 0 N–H and O–H groups in total. The molecule has 0 amide bonds. The molecule has 0 radical (unpaired) electrons. The summed E-state index contributed by atoms with van der Waals surface area (Å²) in [6.07, 6.45) is 0. The van der Waals surface area contributed by atoms with Crippen molar-refractivity contribution in [3.8, 4) is 5.69 Å². The lowest BCUT2D eigenvalue weighted by molar-refractivity contribution is -0.384. The van der Waals surface area contributed by atoms with Crippen LogP contribution in [0.2, 0.25) is 0 Å². The summed E-state index contributed by atoms with van der Waals surface area (Å²) in [5.41, 5.74) is 2.10. The Bertz CT molecular complexity index is 637. The summed E-state index contributed by atoms with van der Waals surface area (Å²) in [5.74, 6) is 0. The number of aryl methyl sites for hydroxylation is 1. The number of aromatic nitrogens is 2. The van der Waals surface area contributed by atoms with E-state index < -0.39 is 4.92 Å². The number of halogens is 2. The van der Waals surface area contributed by atoms with Gasteiger partial charge in [-0.25, -0.2) is 4.68 Å². The van der Waals surface area contributed by atoms with Gasteiger partial charge >= 0.3 is 0 Å². The van der Waals surface area contributed by atoms with E-state index in [1.54, 1.807) is 16.8 Å². The molecular formula is C11H9Br2N3O2. The van der Waals surface area contributed by atoms with Crippen molar-refractivity contribution in [3.63, 3.8) is 0 Å². The van der Waals surface area contributed by atoms with Gasteiger partial charge in [-0.2, -0.15) is 5.10 Å². The number of nitro groups is 1. The molecule has 7 heteroatoms. The Morgan fingerprint density at radius 2 is 2.00 bits per heavy atom. The van der Waals surface area contributed by atoms with Crippen molar-refractivity contribution in [2.24, 2.45) is 0 Å². The molecule has 0 saturated carbocycles. The van der Waals surface area contributed by atoms with Gasteiger partial charge in [0.2, 0.25) is 0 Å². The molecule has 0 saturated heterocycles. The van der Waals surface area contributed by atoms with Gasteiger partial charge in [-0.3, -0.25) is 10.1 Å². The average molecular weight is 375 g/mol. The van der Waals surface area contributed by atoms with E-state index >= 15 is 0 Å². The molecule has 18 heavy (non-hydrogen) atoms. The van der Waals surface area contributed by atoms with E-state index in [-0.39, 0.29) is 5.69 Å². The Morgan fingerprint density at radius 1 is 1.33 bits per heavy atom. The molecule has 0 fully saturated rings. The van der Waals surface area contributed by atoms with E-state index in [0.29, 0.717) is 10.2 Å². The SMILES string of the molecule is Cc1nn(-c2ccc(Br)cc2[N+](=O)[O-])c(C)c1Br. The van der Waals surface area contributed by atoms with Crippen LogP contribution in [0.1, 0.15) is 11.4 Å². The van der Waals surface area contributed by atoms with Crippen LogP contribution in [0.25, 0.3) is 5.69 Å². The number of hydrogen-bond acceptors (Lipinski definition) is 3. The monoisotopic (exact) mass is 373 g/mol. The predicted octanol–water partition coefficient (Wildman–Crippen LogP) is 3.92. The summed E-state index contributed by atoms with van der Waals surface area (Å²) in [5, 5.41) is 15.4. The second-order valence-electron chi connectivity index (χ2n) is 3.79. The molecule has 0 atom stereocenters. The fourth-order valence-electron chi connectivity index (χ4n) is 1.68. The zero-order valence-corrected chi connectivity index (χ0v) is 12.8. The molecule has 1 aromatic heterocycles. The van der Waals surface area contributed by atoms with Crippen molar-refractivity contribution < 1.29 is 4.92 Å². The fraction of sp³-hybridized carbons (Fsp3) is 0.182. The van der Waals surface area contributed by atoms with Crippen LogP contribution in [-0.4, -0.2) is 14.7 Å². The molecule has 94 valence electrons. The zero-order chi connectivity index (χ0) is 13.4. The first-order chi connectivity index (χ1) is 8.41. The minimum atomic E-state index is -0.412. The van der Waals surface area contributed by atoms with Crippen molar-refractivity contribution >= 4 is 37.5 Å². The summed E-state index contributed by atoms with van der Waals surface area (Å²) < 4.78 is 3.10. The highest BCUT2D eigenvalue weighted by atomic mass is 79.9. The van der Waals surface area contributed by atoms with Gasteiger partial charge in [0.25, 0.3) is 5.69 Å². The van der Waals surface area contributed by atoms with Crippen molar-refractivity contribution in [1.82, 2.24) is 9.78 Å². The van der Waals surface area contributed by atoms with Crippen LogP contribution in [0.5, 0.6) is 0 Å². The van der Waals surface area contributed by atoms with Gasteiger partial charge < -0.3 is 0 Å². The second kappa shape index (κ2) is 4.81. The topological polar surface area (TPSA) is 61.0 Å². The van der Waals surface area contributed by atoms with Gasteiger partial charge in [0.1, 0.15) is 5.69 Å². The Balaban J connectivity index is 2.71. The maximum Gasteiger partial charge on any atom is 0.296 e. The van der Waals surface area contributed by atoms with Crippen LogP contribution >= 0.6 is 31.9 Å². The maximum atomic E-state index is 11.1. The number of nitrogens with zero attached hydrogens (tertiary/aromatic N) is 3. The van der Waals surface area contributed by atoms with Crippen LogP contribution in [0.3, 0.4) is 0 Å². The normalized spacial score (nSPS) is 10.7. The van der Waals surface area contributed by atoms with Crippen molar-refractivity contribution in [2.75, 3.05) is 0 Å². The standard InChI is InChI=1S/C11H9Br2N3O2/c1-6-11(13)7(2)15(14-6)9-4-3-8(12)5-10(9)16(17)18/h3-5H,1-2H3. The quantitative estimate of drug-likeness (QED) is 0.591. The number of rotatable bonds is 2. The summed E-state index contributed by atoms with van der Waals surface area (Å²) in [4.78, 5) is 10.7. The van der Waals surface area contributed by atoms with E-state index in [1.165, 1.54) is 6.07 Å². The third-order valence-electron chi connectivity index (χ3n) is 2.57. The van der Waals surface area contributed by atoms with E-state index in [1.807, 2.05) is 13.8 Å². The van der Waals surface area contributed by atoms with Gasteiger partial charge in [0.15, 0.2) is 0 Å². The van der Waals surface area contributed by atoms with E-state index in [2.05, 4.69) is 37.0 Å².